The average molecular weight is 353 g/mol. The normalized spacial score (nSPS) is 22.7. The van der Waals surface area contributed by atoms with Crippen LogP contribution in [0.2, 0.25) is 0 Å². The quantitative estimate of drug-likeness (QED) is 0.823. The zero-order chi connectivity index (χ0) is 15.4. The molecule has 0 spiro atoms. The van der Waals surface area contributed by atoms with Crippen LogP contribution in [-0.4, -0.2) is 24.5 Å². The van der Waals surface area contributed by atoms with Gasteiger partial charge in [0.05, 0.1) is 6.04 Å². The molecule has 4 heteroatoms. The van der Waals surface area contributed by atoms with E-state index >= 15 is 0 Å². The fourth-order valence-corrected chi connectivity index (χ4v) is 2.91. The summed E-state index contributed by atoms with van der Waals surface area (Å²) in [7, 11) is 0. The number of carbonyl (C=O) groups excluding carboxylic acids is 1. The van der Waals surface area contributed by atoms with Crippen LogP contribution in [0, 0.1) is 5.92 Å². The predicted octanol–water partition coefficient (Wildman–Crippen LogP) is 3.45. The largest absolute Gasteiger partial charge is 0.354 e. The number of benzene rings is 1. The smallest absolute Gasteiger partial charge is 0.236 e. The number of halogens is 1. The molecule has 1 amide bonds. The van der Waals surface area contributed by atoms with Crippen LogP contribution in [0.15, 0.2) is 28.7 Å². The third-order valence-electron chi connectivity index (χ3n) is 4.04. The lowest BCUT2D eigenvalue weighted by atomic mass is 9.75. The zero-order valence-corrected chi connectivity index (χ0v) is 14.6. The molecule has 0 saturated heterocycles. The Morgan fingerprint density at radius 2 is 1.86 bits per heavy atom. The molecule has 1 atom stereocenters. The van der Waals surface area contributed by atoms with E-state index < -0.39 is 0 Å². The van der Waals surface area contributed by atoms with Crippen molar-refractivity contribution >= 4 is 21.8 Å². The first-order valence-electron chi connectivity index (χ1n) is 7.75. The van der Waals surface area contributed by atoms with Crippen LogP contribution >= 0.6 is 15.9 Å². The number of carbonyl (C=O) groups is 1. The van der Waals surface area contributed by atoms with Crippen molar-refractivity contribution in [3.8, 4) is 0 Å². The SMILES string of the molecule is CC(C)CNC(=O)C(C)NC1CC(c2ccc(Br)cc2)C1. The molecular weight excluding hydrogens is 328 g/mol. The van der Waals surface area contributed by atoms with Gasteiger partial charge in [-0.05, 0) is 49.3 Å². The van der Waals surface area contributed by atoms with Crippen LogP contribution in [-0.2, 0) is 4.79 Å². The fraction of sp³-hybridized carbons (Fsp3) is 0.588. The van der Waals surface area contributed by atoms with Gasteiger partial charge in [-0.2, -0.15) is 0 Å². The van der Waals surface area contributed by atoms with E-state index in [1.54, 1.807) is 0 Å². The standard InChI is InChI=1S/C17H25BrN2O/c1-11(2)10-19-17(21)12(3)20-16-8-14(9-16)13-4-6-15(18)7-5-13/h4-7,11-12,14,16,20H,8-10H2,1-3H3,(H,19,21). The van der Waals surface area contributed by atoms with E-state index in [4.69, 9.17) is 0 Å². The molecule has 116 valence electrons. The van der Waals surface area contributed by atoms with Gasteiger partial charge in [0.1, 0.15) is 0 Å². The Hall–Kier alpha value is -0.870. The third kappa shape index (κ3) is 4.82. The minimum absolute atomic E-state index is 0.107. The van der Waals surface area contributed by atoms with Crippen LogP contribution in [0.25, 0.3) is 0 Å². The highest BCUT2D eigenvalue weighted by atomic mass is 79.9. The number of hydrogen-bond donors (Lipinski definition) is 2. The van der Waals surface area contributed by atoms with Gasteiger partial charge in [-0.1, -0.05) is 41.9 Å². The minimum Gasteiger partial charge on any atom is -0.354 e. The Balaban J connectivity index is 1.72. The molecule has 0 heterocycles. The predicted molar refractivity (Wildman–Crippen MR) is 90.4 cm³/mol. The maximum absolute atomic E-state index is 11.9. The van der Waals surface area contributed by atoms with E-state index in [9.17, 15) is 4.79 Å². The summed E-state index contributed by atoms with van der Waals surface area (Å²) in [6.45, 7) is 6.90. The second-order valence-electron chi connectivity index (χ2n) is 6.44. The molecule has 1 unspecified atom stereocenters. The van der Waals surface area contributed by atoms with Gasteiger partial charge in [0.15, 0.2) is 0 Å². The zero-order valence-electron chi connectivity index (χ0n) is 13.0. The lowest BCUT2D eigenvalue weighted by Gasteiger charge is -2.38. The average Bonchev–Trinajstić information content (AvgIpc) is 2.40. The Labute approximate surface area is 136 Å². The van der Waals surface area contributed by atoms with Crippen molar-refractivity contribution in [3.63, 3.8) is 0 Å². The molecule has 1 aliphatic carbocycles. The summed E-state index contributed by atoms with van der Waals surface area (Å²) in [5, 5.41) is 6.41. The van der Waals surface area contributed by atoms with Crippen molar-refractivity contribution in [2.75, 3.05) is 6.54 Å². The van der Waals surface area contributed by atoms with E-state index in [0.29, 0.717) is 17.9 Å². The molecule has 0 aliphatic heterocycles. The Kier molecular flexibility index (Phi) is 5.82. The molecule has 1 aromatic rings. The molecule has 1 aromatic carbocycles. The third-order valence-corrected chi connectivity index (χ3v) is 4.57. The summed E-state index contributed by atoms with van der Waals surface area (Å²) in [5.74, 6) is 1.23. The van der Waals surface area contributed by atoms with Crippen molar-refractivity contribution in [2.45, 2.75) is 51.6 Å². The van der Waals surface area contributed by atoms with Gasteiger partial charge in [0, 0.05) is 17.1 Å². The first-order valence-corrected chi connectivity index (χ1v) is 8.54. The van der Waals surface area contributed by atoms with E-state index in [1.165, 1.54) is 5.56 Å². The van der Waals surface area contributed by atoms with Crippen LogP contribution in [0.5, 0.6) is 0 Å². The van der Waals surface area contributed by atoms with Gasteiger partial charge in [0.25, 0.3) is 0 Å². The Morgan fingerprint density at radius 3 is 2.43 bits per heavy atom. The highest BCUT2D eigenvalue weighted by molar-refractivity contribution is 9.10. The van der Waals surface area contributed by atoms with Crippen LogP contribution in [0.4, 0.5) is 0 Å². The molecule has 2 rings (SSSR count). The Morgan fingerprint density at radius 1 is 1.24 bits per heavy atom. The molecule has 0 aromatic heterocycles. The highest BCUT2D eigenvalue weighted by Crippen LogP contribution is 2.37. The van der Waals surface area contributed by atoms with Crippen molar-refractivity contribution in [3.05, 3.63) is 34.3 Å². The van der Waals surface area contributed by atoms with Crippen LogP contribution in [0.3, 0.4) is 0 Å². The van der Waals surface area contributed by atoms with Gasteiger partial charge in [-0.15, -0.1) is 0 Å². The Bertz CT molecular complexity index is 466. The first kappa shape index (κ1) is 16.5. The molecule has 0 bridgehead atoms. The summed E-state index contributed by atoms with van der Waals surface area (Å²) >= 11 is 3.46. The second-order valence-corrected chi connectivity index (χ2v) is 7.36. The summed E-state index contributed by atoms with van der Waals surface area (Å²) in [6.07, 6.45) is 2.23. The molecule has 1 fully saturated rings. The maximum atomic E-state index is 11.9. The monoisotopic (exact) mass is 352 g/mol. The van der Waals surface area contributed by atoms with Gasteiger partial charge >= 0.3 is 0 Å². The minimum atomic E-state index is -0.111. The summed E-state index contributed by atoms with van der Waals surface area (Å²) in [5.41, 5.74) is 1.40. The molecule has 21 heavy (non-hydrogen) atoms. The van der Waals surface area contributed by atoms with Gasteiger partial charge in [-0.25, -0.2) is 0 Å². The lowest BCUT2D eigenvalue weighted by Crippen LogP contribution is -2.51. The summed E-state index contributed by atoms with van der Waals surface area (Å²) in [6, 6.07) is 8.90. The number of rotatable bonds is 6. The molecule has 1 saturated carbocycles. The van der Waals surface area contributed by atoms with Gasteiger partial charge < -0.3 is 10.6 Å². The number of amides is 1. The highest BCUT2D eigenvalue weighted by Gasteiger charge is 2.31. The number of hydrogen-bond acceptors (Lipinski definition) is 2. The van der Waals surface area contributed by atoms with E-state index in [1.807, 2.05) is 6.92 Å². The van der Waals surface area contributed by atoms with Gasteiger partial charge in [0.2, 0.25) is 5.91 Å². The van der Waals surface area contributed by atoms with Crippen molar-refractivity contribution in [1.29, 1.82) is 0 Å². The topological polar surface area (TPSA) is 41.1 Å². The first-order chi connectivity index (χ1) is 9.95. The van der Waals surface area contributed by atoms with Gasteiger partial charge in [-0.3, -0.25) is 4.79 Å². The second kappa shape index (κ2) is 7.41. The van der Waals surface area contributed by atoms with Crippen LogP contribution in [0.1, 0.15) is 45.1 Å². The molecule has 3 nitrogen and oxygen atoms in total. The fourth-order valence-electron chi connectivity index (χ4n) is 2.65. The molecular formula is C17H25BrN2O. The lowest BCUT2D eigenvalue weighted by molar-refractivity contribution is -0.123. The van der Waals surface area contributed by atoms with Crippen molar-refractivity contribution < 1.29 is 4.79 Å². The van der Waals surface area contributed by atoms with Crippen molar-refractivity contribution in [1.82, 2.24) is 10.6 Å². The summed E-state index contributed by atoms with van der Waals surface area (Å²) in [4.78, 5) is 11.9. The molecule has 2 N–H and O–H groups in total. The van der Waals surface area contributed by atoms with Crippen molar-refractivity contribution in [2.24, 2.45) is 5.92 Å². The molecule has 0 radical (unpaired) electrons. The van der Waals surface area contributed by atoms with E-state index in [-0.39, 0.29) is 11.9 Å². The molecule has 1 aliphatic rings. The van der Waals surface area contributed by atoms with E-state index in [2.05, 4.69) is 64.7 Å². The maximum Gasteiger partial charge on any atom is 0.236 e. The van der Waals surface area contributed by atoms with E-state index in [0.717, 1.165) is 23.9 Å². The number of nitrogens with one attached hydrogen (secondary N) is 2. The summed E-state index contributed by atoms with van der Waals surface area (Å²) < 4.78 is 1.12. The van der Waals surface area contributed by atoms with Crippen LogP contribution < -0.4 is 10.6 Å².